The fraction of sp³-hybridized carbons (Fsp3) is 0.600. The number of pyridine rings is 1. The zero-order valence-corrected chi connectivity index (χ0v) is 14.9. The van der Waals surface area contributed by atoms with Gasteiger partial charge in [0.05, 0.1) is 12.2 Å². The molecule has 0 aromatic carbocycles. The molecule has 0 atom stereocenters. The van der Waals surface area contributed by atoms with E-state index in [2.05, 4.69) is 27.1 Å². The summed E-state index contributed by atoms with van der Waals surface area (Å²) in [5, 5.41) is 3.41. The van der Waals surface area contributed by atoms with Crippen molar-refractivity contribution < 1.29 is 0 Å². The number of piperidine rings is 1. The van der Waals surface area contributed by atoms with Crippen molar-refractivity contribution in [2.45, 2.75) is 33.2 Å². The number of guanidine groups is 1. The lowest BCUT2D eigenvalue weighted by molar-refractivity contribution is 0.273. The van der Waals surface area contributed by atoms with Gasteiger partial charge in [0.25, 0.3) is 0 Å². The number of aryl methyl sites for hydroxylation is 1. The third-order valence-electron chi connectivity index (χ3n) is 3.67. The highest BCUT2D eigenvalue weighted by molar-refractivity contribution is 14.0. The number of rotatable bonds is 2. The summed E-state index contributed by atoms with van der Waals surface area (Å²) in [6.45, 7) is 7.28. The van der Waals surface area contributed by atoms with Gasteiger partial charge in [-0.3, -0.25) is 9.98 Å². The lowest BCUT2D eigenvalue weighted by atomic mass is 10.00. The van der Waals surface area contributed by atoms with E-state index < -0.39 is 0 Å². The summed E-state index contributed by atoms with van der Waals surface area (Å²) in [7, 11) is 1.85. The van der Waals surface area contributed by atoms with Gasteiger partial charge in [0.15, 0.2) is 5.96 Å². The Labute approximate surface area is 139 Å². The standard InChI is InChI=1S/C15H24N4.HI/c1-12-7-9-19(10-8-12)15(16-3)17-11-14-6-4-5-13(2)18-14;/h4-6,12H,7-11H2,1-3H3,(H,16,17);1H. The Morgan fingerprint density at radius 1 is 1.40 bits per heavy atom. The van der Waals surface area contributed by atoms with Crippen LogP contribution in [0.25, 0.3) is 0 Å². The van der Waals surface area contributed by atoms with Gasteiger partial charge in [0.2, 0.25) is 0 Å². The van der Waals surface area contributed by atoms with Crippen LogP contribution in [0.5, 0.6) is 0 Å². The predicted molar refractivity (Wildman–Crippen MR) is 94.6 cm³/mol. The summed E-state index contributed by atoms with van der Waals surface area (Å²) in [5.41, 5.74) is 2.12. The van der Waals surface area contributed by atoms with Crippen molar-refractivity contribution in [3.63, 3.8) is 0 Å². The molecule has 0 radical (unpaired) electrons. The van der Waals surface area contributed by atoms with E-state index in [4.69, 9.17) is 0 Å². The van der Waals surface area contributed by atoms with Gasteiger partial charge in [-0.05, 0) is 37.8 Å². The van der Waals surface area contributed by atoms with Gasteiger partial charge in [-0.2, -0.15) is 0 Å². The molecule has 1 N–H and O–H groups in total. The summed E-state index contributed by atoms with van der Waals surface area (Å²) in [4.78, 5) is 11.2. The van der Waals surface area contributed by atoms with Crippen molar-refractivity contribution in [2.24, 2.45) is 10.9 Å². The molecule has 4 nitrogen and oxygen atoms in total. The molecule has 1 aliphatic heterocycles. The van der Waals surface area contributed by atoms with Crippen LogP contribution in [0.2, 0.25) is 0 Å². The lowest BCUT2D eigenvalue weighted by Crippen LogP contribution is -2.45. The fourth-order valence-corrected chi connectivity index (χ4v) is 2.42. The molecule has 1 aromatic rings. The first-order valence-electron chi connectivity index (χ1n) is 7.07. The minimum atomic E-state index is 0. The molecule has 5 heteroatoms. The average Bonchev–Trinajstić information content (AvgIpc) is 2.41. The molecule has 2 rings (SSSR count). The number of hydrogen-bond acceptors (Lipinski definition) is 2. The Hall–Kier alpha value is -0.850. The van der Waals surface area contributed by atoms with Crippen molar-refractivity contribution in [1.29, 1.82) is 0 Å². The van der Waals surface area contributed by atoms with E-state index in [-0.39, 0.29) is 24.0 Å². The molecule has 1 aromatic heterocycles. The maximum absolute atomic E-state index is 4.50. The largest absolute Gasteiger partial charge is 0.351 e. The number of likely N-dealkylation sites (tertiary alicyclic amines) is 1. The molecule has 1 fully saturated rings. The van der Waals surface area contributed by atoms with E-state index >= 15 is 0 Å². The van der Waals surface area contributed by atoms with E-state index in [9.17, 15) is 0 Å². The fourth-order valence-electron chi connectivity index (χ4n) is 2.42. The van der Waals surface area contributed by atoms with E-state index in [0.29, 0.717) is 0 Å². The number of nitrogens with zero attached hydrogens (tertiary/aromatic N) is 3. The number of aliphatic imine (C=N–C) groups is 1. The minimum absolute atomic E-state index is 0. The van der Waals surface area contributed by atoms with Crippen molar-refractivity contribution in [2.75, 3.05) is 20.1 Å². The monoisotopic (exact) mass is 388 g/mol. The van der Waals surface area contributed by atoms with E-state index in [1.165, 1.54) is 12.8 Å². The van der Waals surface area contributed by atoms with Crippen molar-refractivity contribution in [3.05, 3.63) is 29.6 Å². The van der Waals surface area contributed by atoms with Gasteiger partial charge in [-0.25, -0.2) is 0 Å². The highest BCUT2D eigenvalue weighted by Gasteiger charge is 2.18. The third-order valence-corrected chi connectivity index (χ3v) is 3.67. The van der Waals surface area contributed by atoms with Gasteiger partial charge in [0.1, 0.15) is 0 Å². The van der Waals surface area contributed by atoms with Crippen LogP contribution in [-0.2, 0) is 6.54 Å². The summed E-state index contributed by atoms with van der Waals surface area (Å²) in [6.07, 6.45) is 2.51. The maximum Gasteiger partial charge on any atom is 0.193 e. The Kier molecular flexibility index (Phi) is 7.26. The topological polar surface area (TPSA) is 40.5 Å². The van der Waals surface area contributed by atoms with E-state index in [0.717, 1.165) is 42.9 Å². The summed E-state index contributed by atoms with van der Waals surface area (Å²) in [5.74, 6) is 1.84. The number of hydrogen-bond donors (Lipinski definition) is 1. The van der Waals surface area contributed by atoms with Gasteiger partial charge in [-0.15, -0.1) is 24.0 Å². The van der Waals surface area contributed by atoms with Gasteiger partial charge < -0.3 is 10.2 Å². The number of aromatic nitrogens is 1. The highest BCUT2D eigenvalue weighted by Crippen LogP contribution is 2.15. The molecule has 0 aliphatic carbocycles. The van der Waals surface area contributed by atoms with Crippen LogP contribution in [0.15, 0.2) is 23.2 Å². The zero-order valence-electron chi connectivity index (χ0n) is 12.6. The summed E-state index contributed by atoms with van der Waals surface area (Å²) < 4.78 is 0. The summed E-state index contributed by atoms with van der Waals surface area (Å²) >= 11 is 0. The second-order valence-corrected chi connectivity index (χ2v) is 5.34. The molecular weight excluding hydrogens is 363 g/mol. The molecule has 0 bridgehead atoms. The molecule has 112 valence electrons. The van der Waals surface area contributed by atoms with Crippen LogP contribution in [-0.4, -0.2) is 36.0 Å². The van der Waals surface area contributed by atoms with Crippen molar-refractivity contribution in [1.82, 2.24) is 15.2 Å². The first-order chi connectivity index (χ1) is 9.19. The predicted octanol–water partition coefficient (Wildman–Crippen LogP) is 2.82. The van der Waals surface area contributed by atoms with Crippen LogP contribution < -0.4 is 5.32 Å². The second kappa shape index (κ2) is 8.44. The van der Waals surface area contributed by atoms with Crippen LogP contribution in [0.3, 0.4) is 0 Å². The second-order valence-electron chi connectivity index (χ2n) is 5.34. The Bertz CT molecular complexity index is 439. The van der Waals surface area contributed by atoms with Crippen LogP contribution in [0, 0.1) is 12.8 Å². The molecule has 1 saturated heterocycles. The minimum Gasteiger partial charge on any atom is -0.351 e. The summed E-state index contributed by atoms with van der Waals surface area (Å²) in [6, 6.07) is 6.11. The van der Waals surface area contributed by atoms with Crippen molar-refractivity contribution in [3.8, 4) is 0 Å². The third kappa shape index (κ3) is 4.92. The molecule has 0 unspecified atom stereocenters. The molecule has 0 amide bonds. The molecule has 2 heterocycles. The Balaban J connectivity index is 0.00000200. The molecule has 0 saturated carbocycles. The Morgan fingerprint density at radius 3 is 2.70 bits per heavy atom. The number of halogens is 1. The average molecular weight is 388 g/mol. The highest BCUT2D eigenvalue weighted by atomic mass is 127. The molecule has 1 aliphatic rings. The van der Waals surface area contributed by atoms with Gasteiger partial charge in [-0.1, -0.05) is 13.0 Å². The van der Waals surface area contributed by atoms with Gasteiger partial charge in [0, 0.05) is 25.8 Å². The molecule has 0 spiro atoms. The quantitative estimate of drug-likeness (QED) is 0.481. The maximum atomic E-state index is 4.50. The Morgan fingerprint density at radius 2 is 2.10 bits per heavy atom. The van der Waals surface area contributed by atoms with Crippen LogP contribution in [0.1, 0.15) is 31.2 Å². The zero-order chi connectivity index (χ0) is 13.7. The number of nitrogens with one attached hydrogen (secondary N) is 1. The molecule has 20 heavy (non-hydrogen) atoms. The van der Waals surface area contributed by atoms with Crippen LogP contribution in [0.4, 0.5) is 0 Å². The van der Waals surface area contributed by atoms with Crippen LogP contribution >= 0.6 is 24.0 Å². The normalized spacial score (nSPS) is 16.8. The lowest BCUT2D eigenvalue weighted by Gasteiger charge is -2.32. The SMILES string of the molecule is CN=C(NCc1cccc(C)n1)N1CCC(C)CC1.I. The molecular formula is C15H25IN4. The van der Waals surface area contributed by atoms with Crippen molar-refractivity contribution >= 4 is 29.9 Å². The first-order valence-corrected chi connectivity index (χ1v) is 7.07. The van der Waals surface area contributed by atoms with E-state index in [1.54, 1.807) is 0 Å². The van der Waals surface area contributed by atoms with E-state index in [1.807, 2.05) is 32.2 Å². The van der Waals surface area contributed by atoms with Gasteiger partial charge >= 0.3 is 0 Å². The first kappa shape index (κ1) is 17.2. The smallest absolute Gasteiger partial charge is 0.193 e.